The molecule has 9 heteroatoms. The van der Waals surface area contributed by atoms with E-state index in [2.05, 4.69) is 31.8 Å². The molecule has 0 aliphatic rings. The topological polar surface area (TPSA) is 75.3 Å². The van der Waals surface area contributed by atoms with Gasteiger partial charge in [-0.3, -0.25) is 4.99 Å². The minimum Gasteiger partial charge on any atom is -0.352 e. The van der Waals surface area contributed by atoms with Crippen LogP contribution in [0, 0.1) is 0 Å². The van der Waals surface area contributed by atoms with Crippen molar-refractivity contribution in [1.82, 2.24) is 20.8 Å². The van der Waals surface area contributed by atoms with Gasteiger partial charge >= 0.3 is 0 Å². The molecule has 0 atom stereocenters. The molecule has 0 radical (unpaired) electrons. The lowest BCUT2D eigenvalue weighted by molar-refractivity contribution is 0.375. The Kier molecular flexibility index (Phi) is 7.66. The normalized spacial score (nSPS) is 11.0. The first-order valence-electron chi connectivity index (χ1n) is 7.30. The molecule has 0 saturated heterocycles. The fourth-order valence-corrected chi connectivity index (χ4v) is 2.78. The van der Waals surface area contributed by atoms with Crippen LogP contribution < -0.4 is 10.6 Å². The predicted octanol–water partition coefficient (Wildman–Crippen LogP) is 3.93. The van der Waals surface area contributed by atoms with Gasteiger partial charge in [0.25, 0.3) is 0 Å². The van der Waals surface area contributed by atoms with Crippen molar-refractivity contribution in [2.24, 2.45) is 4.99 Å². The lowest BCUT2D eigenvalue weighted by Gasteiger charge is -2.09. The minimum absolute atomic E-state index is 0. The largest absolute Gasteiger partial charge is 0.352 e. The number of thiophene rings is 1. The van der Waals surface area contributed by atoms with Crippen LogP contribution in [0.5, 0.6) is 0 Å². The molecule has 2 heterocycles. The van der Waals surface area contributed by atoms with Crippen LogP contribution in [0.25, 0.3) is 11.4 Å². The second kappa shape index (κ2) is 9.73. The summed E-state index contributed by atoms with van der Waals surface area (Å²) >= 11 is 7.57. The SMILES string of the molecule is CN=C(NCc1nc(-c2ccc(Cl)cc2)no1)NCc1cccs1.I. The Hall–Kier alpha value is -1.65. The standard InChI is InChI=1S/C16H16ClN5OS.HI/c1-18-16(19-9-13-3-2-8-24-13)20-10-14-21-15(22-23-14)11-4-6-12(17)7-5-11;/h2-8H,9-10H2,1H3,(H2,18,19,20);1H. The van der Waals surface area contributed by atoms with E-state index >= 15 is 0 Å². The number of hydrogen-bond donors (Lipinski definition) is 2. The van der Waals surface area contributed by atoms with Crippen molar-refractivity contribution < 1.29 is 4.52 Å². The van der Waals surface area contributed by atoms with Crippen molar-refractivity contribution in [2.45, 2.75) is 13.1 Å². The third kappa shape index (κ3) is 5.68. The lowest BCUT2D eigenvalue weighted by atomic mass is 10.2. The van der Waals surface area contributed by atoms with E-state index in [1.165, 1.54) is 4.88 Å². The Bertz CT molecular complexity index is 804. The van der Waals surface area contributed by atoms with Crippen molar-refractivity contribution in [3.05, 3.63) is 57.6 Å². The van der Waals surface area contributed by atoms with Crippen LogP contribution in [0.15, 0.2) is 51.3 Å². The fraction of sp³-hybridized carbons (Fsp3) is 0.188. The maximum absolute atomic E-state index is 5.88. The maximum atomic E-state index is 5.88. The summed E-state index contributed by atoms with van der Waals surface area (Å²) < 4.78 is 5.26. The number of rotatable bonds is 5. The first kappa shape index (κ1) is 19.7. The van der Waals surface area contributed by atoms with E-state index in [1.54, 1.807) is 30.5 Å². The third-order valence-corrected chi connectivity index (χ3v) is 4.34. The van der Waals surface area contributed by atoms with Crippen molar-refractivity contribution in [3.8, 4) is 11.4 Å². The van der Waals surface area contributed by atoms with Crippen LogP contribution >= 0.6 is 46.9 Å². The Morgan fingerprint density at radius 1 is 1.20 bits per heavy atom. The number of guanidine groups is 1. The van der Waals surface area contributed by atoms with Gasteiger partial charge < -0.3 is 15.2 Å². The number of hydrogen-bond acceptors (Lipinski definition) is 5. The number of aromatic nitrogens is 2. The van der Waals surface area contributed by atoms with E-state index in [4.69, 9.17) is 16.1 Å². The number of halogens is 2. The summed E-state index contributed by atoms with van der Waals surface area (Å²) in [5.41, 5.74) is 0.856. The monoisotopic (exact) mass is 489 g/mol. The quantitative estimate of drug-likeness (QED) is 0.323. The molecule has 1 aromatic carbocycles. The van der Waals surface area contributed by atoms with E-state index in [9.17, 15) is 0 Å². The molecule has 2 aromatic heterocycles. The molecule has 0 unspecified atom stereocenters. The summed E-state index contributed by atoms with van der Waals surface area (Å²) in [6.45, 7) is 1.11. The van der Waals surface area contributed by atoms with E-state index in [1.807, 2.05) is 23.6 Å². The Morgan fingerprint density at radius 3 is 2.64 bits per heavy atom. The highest BCUT2D eigenvalue weighted by Crippen LogP contribution is 2.18. The van der Waals surface area contributed by atoms with E-state index in [0.717, 1.165) is 12.1 Å². The zero-order valence-corrected chi connectivity index (χ0v) is 17.3. The van der Waals surface area contributed by atoms with Crippen LogP contribution in [0.4, 0.5) is 0 Å². The molecule has 0 bridgehead atoms. The molecule has 0 aliphatic carbocycles. The average molecular weight is 490 g/mol. The van der Waals surface area contributed by atoms with Crippen LogP contribution in [-0.2, 0) is 13.1 Å². The molecule has 0 saturated carbocycles. The van der Waals surface area contributed by atoms with Crippen molar-refractivity contribution in [2.75, 3.05) is 7.05 Å². The summed E-state index contributed by atoms with van der Waals surface area (Å²) in [5, 5.41) is 13.1. The zero-order valence-electron chi connectivity index (χ0n) is 13.4. The zero-order chi connectivity index (χ0) is 16.8. The third-order valence-electron chi connectivity index (χ3n) is 3.21. The highest BCUT2D eigenvalue weighted by atomic mass is 127. The molecule has 0 aliphatic heterocycles. The smallest absolute Gasteiger partial charge is 0.246 e. The molecule has 132 valence electrons. The summed E-state index contributed by atoms with van der Waals surface area (Å²) in [6.07, 6.45) is 0. The van der Waals surface area contributed by atoms with Crippen LogP contribution in [0.3, 0.4) is 0 Å². The van der Waals surface area contributed by atoms with Gasteiger partial charge in [-0.15, -0.1) is 35.3 Å². The van der Waals surface area contributed by atoms with Crippen molar-refractivity contribution >= 4 is 52.9 Å². The Morgan fingerprint density at radius 2 is 1.96 bits per heavy atom. The van der Waals surface area contributed by atoms with Gasteiger partial charge in [0.05, 0.1) is 13.1 Å². The van der Waals surface area contributed by atoms with Gasteiger partial charge in [0.2, 0.25) is 11.7 Å². The molecule has 0 fully saturated rings. The summed E-state index contributed by atoms with van der Waals surface area (Å²) in [5.74, 6) is 1.69. The Labute approximate surface area is 171 Å². The van der Waals surface area contributed by atoms with E-state index < -0.39 is 0 Å². The minimum atomic E-state index is 0. The number of nitrogens with one attached hydrogen (secondary N) is 2. The molecule has 25 heavy (non-hydrogen) atoms. The lowest BCUT2D eigenvalue weighted by Crippen LogP contribution is -2.36. The predicted molar refractivity (Wildman–Crippen MR) is 112 cm³/mol. The molecule has 3 aromatic rings. The van der Waals surface area contributed by atoms with Crippen LogP contribution in [0.2, 0.25) is 5.02 Å². The van der Waals surface area contributed by atoms with Gasteiger partial charge in [-0.25, -0.2) is 0 Å². The van der Waals surface area contributed by atoms with E-state index in [-0.39, 0.29) is 24.0 Å². The highest BCUT2D eigenvalue weighted by molar-refractivity contribution is 14.0. The molecule has 3 rings (SSSR count). The number of nitrogens with zero attached hydrogens (tertiary/aromatic N) is 3. The van der Waals surface area contributed by atoms with Crippen molar-refractivity contribution in [3.63, 3.8) is 0 Å². The fourth-order valence-electron chi connectivity index (χ4n) is 2.01. The van der Waals surface area contributed by atoms with Crippen LogP contribution in [0.1, 0.15) is 10.8 Å². The number of aliphatic imine (C=N–C) groups is 1. The second-order valence-corrected chi connectivity index (χ2v) is 6.35. The van der Waals surface area contributed by atoms with E-state index in [0.29, 0.717) is 29.2 Å². The highest BCUT2D eigenvalue weighted by Gasteiger charge is 2.09. The molecular weight excluding hydrogens is 473 g/mol. The molecule has 6 nitrogen and oxygen atoms in total. The second-order valence-electron chi connectivity index (χ2n) is 4.88. The van der Waals surface area contributed by atoms with Crippen LogP contribution in [-0.4, -0.2) is 23.1 Å². The Balaban J connectivity index is 0.00000225. The van der Waals surface area contributed by atoms with Gasteiger partial charge in [0, 0.05) is 22.5 Å². The summed E-state index contributed by atoms with van der Waals surface area (Å²) in [4.78, 5) is 9.77. The average Bonchev–Trinajstić information content (AvgIpc) is 3.27. The first-order chi connectivity index (χ1) is 11.7. The van der Waals surface area contributed by atoms with Gasteiger partial charge in [-0.1, -0.05) is 22.8 Å². The maximum Gasteiger partial charge on any atom is 0.246 e. The molecule has 0 spiro atoms. The summed E-state index contributed by atoms with van der Waals surface area (Å²) in [7, 11) is 1.72. The van der Waals surface area contributed by atoms with Gasteiger partial charge in [0.1, 0.15) is 0 Å². The first-order valence-corrected chi connectivity index (χ1v) is 8.56. The van der Waals surface area contributed by atoms with Gasteiger partial charge in [0.15, 0.2) is 5.96 Å². The molecule has 0 amide bonds. The van der Waals surface area contributed by atoms with Gasteiger partial charge in [-0.05, 0) is 35.7 Å². The number of benzene rings is 1. The van der Waals surface area contributed by atoms with Gasteiger partial charge in [-0.2, -0.15) is 4.98 Å². The summed E-state index contributed by atoms with van der Waals surface area (Å²) in [6, 6.07) is 11.4. The van der Waals surface area contributed by atoms with Crippen molar-refractivity contribution in [1.29, 1.82) is 0 Å². The molecular formula is C16H17ClIN5OS. The molecule has 2 N–H and O–H groups in total.